The van der Waals surface area contributed by atoms with Crippen molar-refractivity contribution in [2.75, 3.05) is 26.6 Å². The first-order valence-corrected chi connectivity index (χ1v) is 8.21. The van der Waals surface area contributed by atoms with E-state index in [1.54, 1.807) is 0 Å². The van der Waals surface area contributed by atoms with Gasteiger partial charge < -0.3 is 18.9 Å². The molecule has 0 bridgehead atoms. The predicted molar refractivity (Wildman–Crippen MR) is 81.2 cm³/mol. The van der Waals surface area contributed by atoms with E-state index in [0.29, 0.717) is 12.8 Å². The standard InChI is InChI=1S/C17H23NO4/c1-2-19-15-6-4-13-17(15)20-8-7-18(13)10-12-3-5-14-16(9-12)22-11-21-14/h3,5,9,13,15,17H,2,4,6-8,10-11H2,1H3/t13-,15-,17+/m0/s1. The molecule has 3 aliphatic rings. The number of nitrogens with zero attached hydrogens (tertiary/aromatic N) is 1. The Morgan fingerprint density at radius 3 is 3.05 bits per heavy atom. The molecule has 5 heteroatoms. The third-order valence-electron chi connectivity index (χ3n) is 4.85. The fourth-order valence-electron chi connectivity index (χ4n) is 3.85. The number of hydrogen-bond donors (Lipinski definition) is 0. The van der Waals surface area contributed by atoms with Crippen LogP contribution in [0.1, 0.15) is 25.3 Å². The van der Waals surface area contributed by atoms with E-state index in [1.807, 2.05) is 6.07 Å². The van der Waals surface area contributed by atoms with Gasteiger partial charge in [0.2, 0.25) is 6.79 Å². The van der Waals surface area contributed by atoms with Crippen molar-refractivity contribution >= 4 is 0 Å². The SMILES string of the molecule is CCO[C@H]1CC[C@H]2[C@H]1OCCN2Cc1ccc2c(c1)OCO2. The first-order valence-electron chi connectivity index (χ1n) is 8.21. The van der Waals surface area contributed by atoms with Crippen molar-refractivity contribution in [1.29, 1.82) is 0 Å². The molecule has 5 nitrogen and oxygen atoms in total. The van der Waals surface area contributed by atoms with Crippen molar-refractivity contribution in [3.63, 3.8) is 0 Å². The molecule has 4 rings (SSSR count). The van der Waals surface area contributed by atoms with Crippen LogP contribution in [0.5, 0.6) is 11.5 Å². The van der Waals surface area contributed by atoms with E-state index in [1.165, 1.54) is 5.56 Å². The van der Waals surface area contributed by atoms with Gasteiger partial charge in [-0.1, -0.05) is 6.07 Å². The van der Waals surface area contributed by atoms with Crippen LogP contribution >= 0.6 is 0 Å². The average molecular weight is 305 g/mol. The third-order valence-corrected chi connectivity index (χ3v) is 4.85. The van der Waals surface area contributed by atoms with Crippen molar-refractivity contribution in [2.45, 2.75) is 44.6 Å². The van der Waals surface area contributed by atoms with Gasteiger partial charge in [0, 0.05) is 25.7 Å². The molecule has 0 amide bonds. The van der Waals surface area contributed by atoms with Crippen LogP contribution in [0, 0.1) is 0 Å². The molecule has 3 atom stereocenters. The van der Waals surface area contributed by atoms with Crippen molar-refractivity contribution < 1.29 is 18.9 Å². The van der Waals surface area contributed by atoms with Crippen molar-refractivity contribution in [1.82, 2.24) is 4.90 Å². The highest BCUT2D eigenvalue weighted by Crippen LogP contribution is 2.35. The Balaban J connectivity index is 1.46. The minimum Gasteiger partial charge on any atom is -0.454 e. The Labute approximate surface area is 131 Å². The zero-order chi connectivity index (χ0) is 14.9. The lowest BCUT2D eigenvalue weighted by atomic mass is 10.1. The largest absolute Gasteiger partial charge is 0.454 e. The highest BCUT2D eigenvalue weighted by Gasteiger charge is 2.43. The van der Waals surface area contributed by atoms with Crippen LogP contribution in [0.15, 0.2) is 18.2 Å². The normalized spacial score (nSPS) is 30.5. The van der Waals surface area contributed by atoms with Crippen LogP contribution in [0.25, 0.3) is 0 Å². The summed E-state index contributed by atoms with van der Waals surface area (Å²) in [4.78, 5) is 2.53. The zero-order valence-electron chi connectivity index (χ0n) is 13.0. The minimum absolute atomic E-state index is 0.225. The quantitative estimate of drug-likeness (QED) is 0.853. The van der Waals surface area contributed by atoms with Crippen LogP contribution < -0.4 is 9.47 Å². The maximum Gasteiger partial charge on any atom is 0.231 e. The number of hydrogen-bond acceptors (Lipinski definition) is 5. The summed E-state index contributed by atoms with van der Waals surface area (Å²) in [6, 6.07) is 6.71. The van der Waals surface area contributed by atoms with Crippen molar-refractivity contribution in [2.24, 2.45) is 0 Å². The van der Waals surface area contributed by atoms with E-state index < -0.39 is 0 Å². The maximum absolute atomic E-state index is 6.00. The van der Waals surface area contributed by atoms with Gasteiger partial charge in [-0.15, -0.1) is 0 Å². The monoisotopic (exact) mass is 305 g/mol. The van der Waals surface area contributed by atoms with Gasteiger partial charge in [-0.05, 0) is 37.5 Å². The van der Waals surface area contributed by atoms with Gasteiger partial charge in [0.15, 0.2) is 11.5 Å². The van der Waals surface area contributed by atoms with Gasteiger partial charge in [-0.3, -0.25) is 4.90 Å². The summed E-state index contributed by atoms with van der Waals surface area (Å²) in [5, 5.41) is 0. The molecule has 22 heavy (non-hydrogen) atoms. The first-order chi connectivity index (χ1) is 10.8. The lowest BCUT2D eigenvalue weighted by Crippen LogP contribution is -2.51. The summed E-state index contributed by atoms with van der Waals surface area (Å²) >= 11 is 0. The van der Waals surface area contributed by atoms with Crippen molar-refractivity contribution in [3.05, 3.63) is 23.8 Å². The minimum atomic E-state index is 0.225. The molecule has 0 N–H and O–H groups in total. The van der Waals surface area contributed by atoms with Gasteiger partial charge in [0.05, 0.1) is 18.8 Å². The molecule has 2 fully saturated rings. The van der Waals surface area contributed by atoms with Crippen molar-refractivity contribution in [3.8, 4) is 11.5 Å². The number of morpholine rings is 1. The topological polar surface area (TPSA) is 40.2 Å². The molecule has 1 aliphatic carbocycles. The van der Waals surface area contributed by atoms with Crippen LogP contribution in [-0.4, -0.2) is 49.7 Å². The smallest absolute Gasteiger partial charge is 0.231 e. The van der Waals surface area contributed by atoms with Gasteiger partial charge >= 0.3 is 0 Å². The number of fused-ring (bicyclic) bond motifs is 2. The molecule has 1 saturated heterocycles. The molecule has 2 heterocycles. The molecule has 2 aliphatic heterocycles. The summed E-state index contributed by atoms with van der Waals surface area (Å²) < 4.78 is 22.7. The summed E-state index contributed by atoms with van der Waals surface area (Å²) in [7, 11) is 0. The van der Waals surface area contributed by atoms with Crippen LogP contribution in [0.4, 0.5) is 0 Å². The van der Waals surface area contributed by atoms with E-state index >= 15 is 0 Å². The van der Waals surface area contributed by atoms with E-state index in [4.69, 9.17) is 18.9 Å². The van der Waals surface area contributed by atoms with E-state index in [2.05, 4.69) is 24.0 Å². The second kappa shape index (κ2) is 6.07. The third kappa shape index (κ3) is 2.57. The fraction of sp³-hybridized carbons (Fsp3) is 0.647. The summed E-state index contributed by atoms with van der Waals surface area (Å²) in [5.41, 5.74) is 1.27. The van der Waals surface area contributed by atoms with Gasteiger partial charge in [0.1, 0.15) is 0 Å². The van der Waals surface area contributed by atoms with Crippen LogP contribution in [-0.2, 0) is 16.0 Å². The fourth-order valence-corrected chi connectivity index (χ4v) is 3.85. The molecular formula is C17H23NO4. The predicted octanol–water partition coefficient (Wildman–Crippen LogP) is 2.18. The molecule has 0 radical (unpaired) electrons. The van der Waals surface area contributed by atoms with Gasteiger partial charge in [-0.25, -0.2) is 0 Å². The number of benzene rings is 1. The first kappa shape index (κ1) is 14.3. The Hall–Kier alpha value is -1.30. The average Bonchev–Trinajstić information content (AvgIpc) is 3.15. The molecule has 1 aromatic carbocycles. The number of rotatable bonds is 4. The Morgan fingerprint density at radius 2 is 2.14 bits per heavy atom. The Morgan fingerprint density at radius 1 is 1.23 bits per heavy atom. The highest BCUT2D eigenvalue weighted by atomic mass is 16.7. The lowest BCUT2D eigenvalue weighted by Gasteiger charge is -2.39. The Kier molecular flexibility index (Phi) is 3.94. The molecule has 1 saturated carbocycles. The number of ether oxygens (including phenoxy) is 4. The summed E-state index contributed by atoms with van der Waals surface area (Å²) in [6.07, 6.45) is 2.73. The second-order valence-electron chi connectivity index (χ2n) is 6.13. The molecule has 1 aromatic rings. The van der Waals surface area contributed by atoms with Gasteiger partial charge in [-0.2, -0.15) is 0 Å². The summed E-state index contributed by atoms with van der Waals surface area (Å²) in [5.74, 6) is 1.71. The molecule has 0 unspecified atom stereocenters. The van der Waals surface area contributed by atoms with Crippen LogP contribution in [0.2, 0.25) is 0 Å². The lowest BCUT2D eigenvalue weighted by molar-refractivity contribution is -0.113. The summed E-state index contributed by atoms with van der Waals surface area (Å²) in [6.45, 7) is 5.85. The molecule has 0 spiro atoms. The van der Waals surface area contributed by atoms with E-state index in [9.17, 15) is 0 Å². The molecule has 0 aromatic heterocycles. The zero-order valence-corrected chi connectivity index (χ0v) is 13.0. The maximum atomic E-state index is 6.00. The Bertz CT molecular complexity index is 535. The van der Waals surface area contributed by atoms with Gasteiger partial charge in [0.25, 0.3) is 0 Å². The van der Waals surface area contributed by atoms with Crippen LogP contribution in [0.3, 0.4) is 0 Å². The second-order valence-corrected chi connectivity index (χ2v) is 6.13. The molecule has 120 valence electrons. The molecular weight excluding hydrogens is 282 g/mol. The van der Waals surface area contributed by atoms with E-state index in [-0.39, 0.29) is 12.2 Å². The highest BCUT2D eigenvalue weighted by molar-refractivity contribution is 5.44. The van der Waals surface area contributed by atoms with E-state index in [0.717, 1.165) is 50.6 Å².